The molecule has 1 aliphatic heterocycles. The summed E-state index contributed by atoms with van der Waals surface area (Å²) >= 11 is 0. The van der Waals surface area contributed by atoms with Crippen molar-refractivity contribution in [2.45, 2.75) is 39.0 Å². The Balaban J connectivity index is 1.46. The fraction of sp³-hybridized carbons (Fsp3) is 0.583. The van der Waals surface area contributed by atoms with Crippen molar-refractivity contribution in [3.63, 3.8) is 0 Å². The largest absolute Gasteiger partial charge is 0.497 e. The fourth-order valence-electron chi connectivity index (χ4n) is 4.78. The maximum atomic E-state index is 6.31. The average Bonchev–Trinajstić information content (AvgIpc) is 2.81. The summed E-state index contributed by atoms with van der Waals surface area (Å²) in [7, 11) is 3.69. The minimum atomic E-state index is 0.541. The van der Waals surface area contributed by atoms with E-state index in [0.29, 0.717) is 5.82 Å². The molecule has 0 radical (unpaired) electrons. The highest BCUT2D eigenvalue weighted by atomic mass is 16.5. The summed E-state index contributed by atoms with van der Waals surface area (Å²) in [5.41, 5.74) is 8.21. The molecule has 0 amide bonds. The number of hydrogen-bond acceptors (Lipinski definition) is 7. The lowest BCUT2D eigenvalue weighted by Crippen LogP contribution is -2.48. The van der Waals surface area contributed by atoms with Gasteiger partial charge >= 0.3 is 0 Å². The van der Waals surface area contributed by atoms with Crippen LogP contribution in [-0.4, -0.2) is 61.7 Å². The van der Waals surface area contributed by atoms with Crippen molar-refractivity contribution in [2.24, 2.45) is 5.92 Å². The minimum absolute atomic E-state index is 0.541. The number of methoxy groups -OCH3 is 1. The third-order valence-electron chi connectivity index (χ3n) is 6.80. The first-order valence-electron chi connectivity index (χ1n) is 11.5. The predicted molar refractivity (Wildman–Crippen MR) is 127 cm³/mol. The molecule has 0 unspecified atom stereocenters. The molecular weight excluding hydrogens is 388 g/mol. The second kappa shape index (κ2) is 9.73. The molecule has 0 atom stereocenters. The van der Waals surface area contributed by atoms with E-state index in [-0.39, 0.29) is 0 Å². The van der Waals surface area contributed by atoms with Gasteiger partial charge in [-0.1, -0.05) is 25.3 Å². The molecule has 2 aliphatic rings. The van der Waals surface area contributed by atoms with Gasteiger partial charge in [0, 0.05) is 57.1 Å². The van der Waals surface area contributed by atoms with E-state index in [2.05, 4.69) is 19.7 Å². The van der Waals surface area contributed by atoms with Gasteiger partial charge in [-0.05, 0) is 37.8 Å². The van der Waals surface area contributed by atoms with Crippen LogP contribution in [0.15, 0.2) is 24.3 Å². The molecule has 4 rings (SSSR count). The van der Waals surface area contributed by atoms with Crippen LogP contribution in [0, 0.1) is 12.8 Å². The third-order valence-corrected chi connectivity index (χ3v) is 6.80. The van der Waals surface area contributed by atoms with Crippen molar-refractivity contribution >= 4 is 23.3 Å². The van der Waals surface area contributed by atoms with E-state index in [1.165, 1.54) is 38.6 Å². The van der Waals surface area contributed by atoms with Gasteiger partial charge in [0.25, 0.3) is 0 Å². The molecule has 1 aliphatic carbocycles. The predicted octanol–water partition coefficient (Wildman–Crippen LogP) is 3.85. The van der Waals surface area contributed by atoms with Gasteiger partial charge in [-0.2, -0.15) is 9.97 Å². The Bertz CT molecular complexity index is 874. The Labute approximate surface area is 186 Å². The zero-order valence-corrected chi connectivity index (χ0v) is 19.2. The van der Waals surface area contributed by atoms with Gasteiger partial charge in [0.15, 0.2) is 0 Å². The summed E-state index contributed by atoms with van der Waals surface area (Å²) in [6.07, 6.45) is 7.04. The van der Waals surface area contributed by atoms with Crippen LogP contribution in [0.25, 0.3) is 0 Å². The zero-order chi connectivity index (χ0) is 21.8. The lowest BCUT2D eigenvalue weighted by Gasteiger charge is -2.37. The molecule has 1 saturated carbocycles. The second-order valence-electron chi connectivity index (χ2n) is 8.91. The number of nitrogen functional groups attached to an aromatic ring is 1. The van der Waals surface area contributed by atoms with E-state index < -0.39 is 0 Å². The van der Waals surface area contributed by atoms with Crippen LogP contribution in [0.4, 0.5) is 23.3 Å². The van der Waals surface area contributed by atoms with E-state index in [4.69, 9.17) is 15.5 Å². The Morgan fingerprint density at radius 1 is 1.10 bits per heavy atom. The lowest BCUT2D eigenvalue weighted by molar-refractivity contribution is 0.191. The lowest BCUT2D eigenvalue weighted by atomic mass is 9.89. The number of piperazine rings is 1. The van der Waals surface area contributed by atoms with E-state index >= 15 is 0 Å². The van der Waals surface area contributed by atoms with Gasteiger partial charge in [0.2, 0.25) is 5.95 Å². The first kappa shape index (κ1) is 21.7. The number of nitrogens with zero attached hydrogens (tertiary/aromatic N) is 5. The SMILES string of the molecule is COc1cccc(N(C)c2nc(N3CCN(CC4CCCCC4)CC3)nc(N)c2C)c1. The third kappa shape index (κ3) is 5.03. The molecule has 2 aromatic rings. The molecule has 2 heterocycles. The molecule has 31 heavy (non-hydrogen) atoms. The van der Waals surface area contributed by atoms with Crippen LogP contribution in [0.2, 0.25) is 0 Å². The normalized spacial score (nSPS) is 18.2. The van der Waals surface area contributed by atoms with E-state index in [1.807, 2.05) is 38.2 Å². The van der Waals surface area contributed by atoms with Crippen LogP contribution in [-0.2, 0) is 0 Å². The summed E-state index contributed by atoms with van der Waals surface area (Å²) in [6, 6.07) is 7.97. The molecule has 0 bridgehead atoms. The quantitative estimate of drug-likeness (QED) is 0.755. The van der Waals surface area contributed by atoms with Crippen LogP contribution >= 0.6 is 0 Å². The fourth-order valence-corrected chi connectivity index (χ4v) is 4.78. The van der Waals surface area contributed by atoms with E-state index in [1.54, 1.807) is 7.11 Å². The van der Waals surface area contributed by atoms with Crippen LogP contribution in [0.1, 0.15) is 37.7 Å². The highest BCUT2D eigenvalue weighted by molar-refractivity contribution is 5.68. The Hall–Kier alpha value is -2.54. The van der Waals surface area contributed by atoms with Crippen molar-refractivity contribution in [2.75, 3.05) is 62.4 Å². The van der Waals surface area contributed by atoms with Crippen molar-refractivity contribution in [3.05, 3.63) is 29.8 Å². The summed E-state index contributed by atoms with van der Waals surface area (Å²) in [5.74, 6) is 3.80. The number of nitrogens with two attached hydrogens (primary N) is 1. The summed E-state index contributed by atoms with van der Waals surface area (Å²) in [5, 5.41) is 0. The van der Waals surface area contributed by atoms with Crippen molar-refractivity contribution in [3.8, 4) is 5.75 Å². The first-order valence-corrected chi connectivity index (χ1v) is 11.5. The van der Waals surface area contributed by atoms with Crippen molar-refractivity contribution in [1.29, 1.82) is 0 Å². The Morgan fingerprint density at radius 2 is 1.84 bits per heavy atom. The molecule has 1 aromatic heterocycles. The number of benzene rings is 1. The maximum Gasteiger partial charge on any atom is 0.229 e. The van der Waals surface area contributed by atoms with Crippen LogP contribution in [0.3, 0.4) is 0 Å². The number of ether oxygens (including phenoxy) is 1. The highest BCUT2D eigenvalue weighted by Gasteiger charge is 2.24. The smallest absolute Gasteiger partial charge is 0.229 e. The van der Waals surface area contributed by atoms with Gasteiger partial charge in [-0.3, -0.25) is 4.90 Å². The number of aromatic nitrogens is 2. The average molecular weight is 425 g/mol. The number of hydrogen-bond donors (Lipinski definition) is 1. The molecule has 168 valence electrons. The van der Waals surface area contributed by atoms with Crippen LogP contribution in [0.5, 0.6) is 5.75 Å². The molecule has 2 N–H and O–H groups in total. The molecule has 1 aromatic carbocycles. The Morgan fingerprint density at radius 3 is 2.55 bits per heavy atom. The first-order chi connectivity index (χ1) is 15.0. The maximum absolute atomic E-state index is 6.31. The Kier molecular flexibility index (Phi) is 6.80. The van der Waals surface area contributed by atoms with E-state index in [9.17, 15) is 0 Å². The zero-order valence-electron chi connectivity index (χ0n) is 19.2. The number of anilines is 4. The van der Waals surface area contributed by atoms with Gasteiger partial charge in [0.05, 0.1) is 7.11 Å². The molecular formula is C24H36N6O. The molecule has 7 heteroatoms. The van der Waals surface area contributed by atoms with Gasteiger partial charge in [-0.25, -0.2) is 0 Å². The monoisotopic (exact) mass is 424 g/mol. The summed E-state index contributed by atoms with van der Waals surface area (Å²) in [6.45, 7) is 7.24. The standard InChI is InChI=1S/C24H36N6O/c1-18-22(25)26-24(27-23(18)28(2)20-10-7-11-21(16-20)31-3)30-14-12-29(13-15-30)17-19-8-5-4-6-9-19/h7,10-11,16,19H,4-6,8-9,12-15,17H2,1-3H3,(H2,25,26,27). The van der Waals surface area contributed by atoms with Gasteiger partial charge in [0.1, 0.15) is 17.4 Å². The minimum Gasteiger partial charge on any atom is -0.497 e. The number of rotatable bonds is 6. The van der Waals surface area contributed by atoms with Crippen LogP contribution < -0.4 is 20.3 Å². The summed E-state index contributed by atoms with van der Waals surface area (Å²) in [4.78, 5) is 16.5. The molecule has 7 nitrogen and oxygen atoms in total. The highest BCUT2D eigenvalue weighted by Crippen LogP contribution is 2.31. The molecule has 1 saturated heterocycles. The van der Waals surface area contributed by atoms with E-state index in [0.717, 1.165) is 60.9 Å². The van der Waals surface area contributed by atoms with Crippen molar-refractivity contribution in [1.82, 2.24) is 14.9 Å². The topological polar surface area (TPSA) is 70.8 Å². The summed E-state index contributed by atoms with van der Waals surface area (Å²) < 4.78 is 5.38. The van der Waals surface area contributed by atoms with Gasteiger partial charge < -0.3 is 20.3 Å². The van der Waals surface area contributed by atoms with Gasteiger partial charge in [-0.15, -0.1) is 0 Å². The molecule has 0 spiro atoms. The molecule has 2 fully saturated rings. The second-order valence-corrected chi connectivity index (χ2v) is 8.91. The van der Waals surface area contributed by atoms with Crippen molar-refractivity contribution < 1.29 is 4.74 Å².